The quantitative estimate of drug-likeness (QED) is 0.847. The number of benzene rings is 1. The number of nitrogens with zero attached hydrogens (tertiary/aromatic N) is 1. The summed E-state index contributed by atoms with van der Waals surface area (Å²) in [5, 5.41) is 8.61. The average Bonchev–Trinajstić information content (AvgIpc) is 3.03. The summed E-state index contributed by atoms with van der Waals surface area (Å²) in [5.74, 6) is 0.702. The number of rotatable bonds is 5. The van der Waals surface area contributed by atoms with Crippen LogP contribution in [0.1, 0.15) is 6.42 Å². The first kappa shape index (κ1) is 18.7. The Bertz CT molecular complexity index is 674. The van der Waals surface area contributed by atoms with Crippen molar-refractivity contribution in [3.05, 3.63) is 29.6 Å². The summed E-state index contributed by atoms with van der Waals surface area (Å²) in [6.07, 6.45) is 0.379. The predicted octanol–water partition coefficient (Wildman–Crippen LogP) is 2.56. The fraction of sp³-hybridized carbons (Fsp3) is 0.375. The number of ether oxygens (including phenoxy) is 2. The Labute approximate surface area is 151 Å². The summed E-state index contributed by atoms with van der Waals surface area (Å²) in [4.78, 5) is 16.6. The summed E-state index contributed by atoms with van der Waals surface area (Å²) < 4.78 is 10.7. The van der Waals surface area contributed by atoms with Crippen molar-refractivity contribution >= 4 is 34.8 Å². The Morgan fingerprint density at radius 3 is 3.08 bits per heavy atom. The molecule has 1 aliphatic heterocycles. The number of hydrogen-bond donors (Lipinski definition) is 2. The molecule has 8 heteroatoms. The molecule has 2 heterocycles. The van der Waals surface area contributed by atoms with Crippen LogP contribution in [0.25, 0.3) is 11.3 Å². The standard InChI is InChI=1S/C16H19N3O3S.ClH/c1-21-14-5-3-2-4-12(14)13-10-23-16(18-13)19-15(20)8-11-9-22-7-6-17-11;/h2-5,10-11,17H,6-9H2,1H3,(H,18,19,20);1H. The van der Waals surface area contributed by atoms with E-state index in [0.717, 1.165) is 23.6 Å². The normalized spacial score (nSPS) is 17.0. The Hall–Kier alpha value is -1.67. The fourth-order valence-electron chi connectivity index (χ4n) is 2.46. The van der Waals surface area contributed by atoms with Crippen molar-refractivity contribution in [3.8, 4) is 17.0 Å². The van der Waals surface area contributed by atoms with Gasteiger partial charge >= 0.3 is 0 Å². The van der Waals surface area contributed by atoms with Gasteiger partial charge in [0, 0.05) is 30.0 Å². The van der Waals surface area contributed by atoms with Crippen LogP contribution in [-0.2, 0) is 9.53 Å². The molecule has 0 spiro atoms. The van der Waals surface area contributed by atoms with Gasteiger partial charge in [-0.15, -0.1) is 23.7 Å². The highest BCUT2D eigenvalue weighted by molar-refractivity contribution is 7.14. The molecule has 0 aliphatic carbocycles. The number of nitrogens with one attached hydrogen (secondary N) is 2. The van der Waals surface area contributed by atoms with Crippen molar-refractivity contribution in [3.63, 3.8) is 0 Å². The molecule has 1 saturated heterocycles. The summed E-state index contributed by atoms with van der Waals surface area (Å²) in [6.45, 7) is 2.05. The lowest BCUT2D eigenvalue weighted by Gasteiger charge is -2.22. The zero-order chi connectivity index (χ0) is 16.1. The number of halogens is 1. The van der Waals surface area contributed by atoms with Gasteiger partial charge in [0.05, 0.1) is 26.0 Å². The average molecular weight is 370 g/mol. The summed E-state index contributed by atoms with van der Waals surface area (Å²) in [6, 6.07) is 7.75. The van der Waals surface area contributed by atoms with Gasteiger partial charge in [-0.05, 0) is 12.1 Å². The van der Waals surface area contributed by atoms with Crippen molar-refractivity contribution < 1.29 is 14.3 Å². The van der Waals surface area contributed by atoms with Gasteiger partial charge in [0.25, 0.3) is 0 Å². The molecule has 0 bridgehead atoms. The first-order valence-corrected chi connectivity index (χ1v) is 8.34. The first-order valence-electron chi connectivity index (χ1n) is 7.46. The van der Waals surface area contributed by atoms with E-state index in [1.807, 2.05) is 29.6 Å². The molecule has 2 aromatic rings. The van der Waals surface area contributed by atoms with Crippen LogP contribution in [0.2, 0.25) is 0 Å². The molecular formula is C16H20ClN3O3S. The van der Waals surface area contributed by atoms with E-state index in [9.17, 15) is 4.79 Å². The minimum absolute atomic E-state index is 0. The lowest BCUT2D eigenvalue weighted by molar-refractivity contribution is -0.117. The lowest BCUT2D eigenvalue weighted by atomic mass is 10.1. The van der Waals surface area contributed by atoms with Gasteiger partial charge in [-0.3, -0.25) is 4.79 Å². The minimum atomic E-state index is -0.0612. The molecule has 1 amide bonds. The predicted molar refractivity (Wildman–Crippen MR) is 97.2 cm³/mol. The summed E-state index contributed by atoms with van der Waals surface area (Å²) in [5.41, 5.74) is 1.70. The van der Waals surface area contributed by atoms with E-state index in [1.165, 1.54) is 11.3 Å². The van der Waals surface area contributed by atoms with Crippen molar-refractivity contribution in [2.75, 3.05) is 32.2 Å². The number of methoxy groups -OCH3 is 1. The lowest BCUT2D eigenvalue weighted by Crippen LogP contribution is -2.43. The third-order valence-electron chi connectivity index (χ3n) is 3.56. The van der Waals surface area contributed by atoms with Gasteiger partial charge in [-0.25, -0.2) is 4.98 Å². The molecule has 0 radical (unpaired) electrons. The van der Waals surface area contributed by atoms with Crippen molar-refractivity contribution in [1.29, 1.82) is 0 Å². The molecule has 1 aromatic heterocycles. The van der Waals surface area contributed by atoms with Crippen LogP contribution < -0.4 is 15.4 Å². The van der Waals surface area contributed by atoms with E-state index in [1.54, 1.807) is 7.11 Å². The van der Waals surface area contributed by atoms with Gasteiger partial charge < -0.3 is 20.1 Å². The van der Waals surface area contributed by atoms with E-state index in [-0.39, 0.29) is 24.4 Å². The molecule has 1 aromatic carbocycles. The maximum absolute atomic E-state index is 12.1. The molecule has 3 rings (SSSR count). The molecule has 6 nitrogen and oxygen atoms in total. The molecule has 2 N–H and O–H groups in total. The zero-order valence-electron chi connectivity index (χ0n) is 13.3. The van der Waals surface area contributed by atoms with Gasteiger partial charge in [0.15, 0.2) is 5.13 Å². The maximum atomic E-state index is 12.1. The minimum Gasteiger partial charge on any atom is -0.496 e. The highest BCUT2D eigenvalue weighted by Gasteiger charge is 2.18. The number of thiazole rings is 1. The number of para-hydroxylation sites is 1. The van der Waals surface area contributed by atoms with Crippen LogP contribution in [0, 0.1) is 0 Å². The van der Waals surface area contributed by atoms with E-state index in [0.29, 0.717) is 24.8 Å². The molecule has 1 fully saturated rings. The van der Waals surface area contributed by atoms with Crippen molar-refractivity contribution in [2.24, 2.45) is 0 Å². The molecule has 24 heavy (non-hydrogen) atoms. The summed E-state index contributed by atoms with van der Waals surface area (Å²) in [7, 11) is 1.63. The molecule has 130 valence electrons. The smallest absolute Gasteiger partial charge is 0.227 e. The second-order valence-corrected chi connectivity index (χ2v) is 6.07. The molecule has 0 saturated carbocycles. The molecule has 1 atom stereocenters. The van der Waals surface area contributed by atoms with Crippen LogP contribution in [0.15, 0.2) is 29.6 Å². The van der Waals surface area contributed by atoms with Gasteiger partial charge in [0.2, 0.25) is 5.91 Å². The van der Waals surface area contributed by atoms with Crippen LogP contribution in [-0.4, -0.2) is 43.8 Å². The van der Waals surface area contributed by atoms with Crippen LogP contribution in [0.4, 0.5) is 5.13 Å². The number of morpholine rings is 1. The zero-order valence-corrected chi connectivity index (χ0v) is 14.9. The number of carbonyl (C=O) groups is 1. The van der Waals surface area contributed by atoms with Crippen molar-refractivity contribution in [2.45, 2.75) is 12.5 Å². The number of carbonyl (C=O) groups excluding carboxylic acids is 1. The Morgan fingerprint density at radius 2 is 2.33 bits per heavy atom. The number of aromatic nitrogens is 1. The van der Waals surface area contributed by atoms with Gasteiger partial charge in [-0.2, -0.15) is 0 Å². The van der Waals surface area contributed by atoms with Crippen LogP contribution in [0.3, 0.4) is 0 Å². The second-order valence-electron chi connectivity index (χ2n) is 5.22. The number of anilines is 1. The third-order valence-corrected chi connectivity index (χ3v) is 4.32. The third kappa shape index (κ3) is 4.67. The monoisotopic (exact) mass is 369 g/mol. The number of hydrogen-bond acceptors (Lipinski definition) is 6. The topological polar surface area (TPSA) is 72.5 Å². The summed E-state index contributed by atoms with van der Waals surface area (Å²) >= 11 is 1.40. The highest BCUT2D eigenvalue weighted by atomic mass is 35.5. The Kier molecular flexibility index (Phi) is 6.99. The molecule has 1 unspecified atom stereocenters. The van der Waals surface area contributed by atoms with E-state index in [2.05, 4.69) is 15.6 Å². The van der Waals surface area contributed by atoms with E-state index < -0.39 is 0 Å². The fourth-order valence-corrected chi connectivity index (χ4v) is 3.18. The number of amides is 1. The van der Waals surface area contributed by atoms with Gasteiger partial charge in [-0.1, -0.05) is 12.1 Å². The second kappa shape index (κ2) is 8.98. The van der Waals surface area contributed by atoms with Crippen LogP contribution >= 0.6 is 23.7 Å². The van der Waals surface area contributed by atoms with Crippen LogP contribution in [0.5, 0.6) is 5.75 Å². The first-order chi connectivity index (χ1) is 11.3. The Morgan fingerprint density at radius 1 is 1.50 bits per heavy atom. The van der Waals surface area contributed by atoms with Crippen molar-refractivity contribution in [1.82, 2.24) is 10.3 Å². The highest BCUT2D eigenvalue weighted by Crippen LogP contribution is 2.31. The maximum Gasteiger partial charge on any atom is 0.227 e. The van der Waals surface area contributed by atoms with E-state index >= 15 is 0 Å². The van der Waals surface area contributed by atoms with E-state index in [4.69, 9.17) is 9.47 Å². The molecular weight excluding hydrogens is 350 g/mol. The Balaban J connectivity index is 0.00000208. The molecule has 1 aliphatic rings. The largest absolute Gasteiger partial charge is 0.496 e. The SMILES string of the molecule is COc1ccccc1-c1csc(NC(=O)CC2COCCN2)n1.Cl. The van der Waals surface area contributed by atoms with Gasteiger partial charge in [0.1, 0.15) is 5.75 Å².